The zero-order valence-corrected chi connectivity index (χ0v) is 27.4. The molecule has 10 heteroatoms. The molecule has 4 heterocycles. The highest BCUT2D eigenvalue weighted by Crippen LogP contribution is 2.46. The van der Waals surface area contributed by atoms with Gasteiger partial charge in [0.25, 0.3) is 5.91 Å². The van der Waals surface area contributed by atoms with Crippen LogP contribution in [0.25, 0.3) is 22.3 Å². The predicted octanol–water partition coefficient (Wildman–Crippen LogP) is 7.58. The van der Waals surface area contributed by atoms with Gasteiger partial charge in [-0.2, -0.15) is 13.2 Å². The van der Waals surface area contributed by atoms with Crippen LogP contribution in [-0.4, -0.2) is 64.5 Å². The Morgan fingerprint density at radius 2 is 1.69 bits per heavy atom. The Bertz CT molecular complexity index is 1760. The third-order valence-corrected chi connectivity index (χ3v) is 10.2. The number of amides is 1. The van der Waals surface area contributed by atoms with Crippen LogP contribution in [0, 0.1) is 0 Å². The SMILES string of the molecule is CCOc1ccc2nc(-c3cccc(C(F)(F)F)c3)c(CN3CCC(N4CCCCC4)CC3)c(C(=O)NC3(c4ccccc4)CC3)c2n1. The van der Waals surface area contributed by atoms with Gasteiger partial charge >= 0.3 is 6.18 Å². The monoisotopic (exact) mass is 657 g/mol. The molecule has 252 valence electrons. The topological polar surface area (TPSA) is 70.6 Å². The van der Waals surface area contributed by atoms with E-state index in [0.717, 1.165) is 69.6 Å². The molecule has 1 saturated carbocycles. The summed E-state index contributed by atoms with van der Waals surface area (Å²) >= 11 is 0. The predicted molar refractivity (Wildman–Crippen MR) is 180 cm³/mol. The van der Waals surface area contributed by atoms with Crippen molar-refractivity contribution >= 4 is 16.9 Å². The van der Waals surface area contributed by atoms with Crippen molar-refractivity contribution in [3.05, 3.63) is 89.0 Å². The molecule has 2 aromatic carbocycles. The normalized spacial score (nSPS) is 18.9. The maximum absolute atomic E-state index is 14.7. The van der Waals surface area contributed by atoms with E-state index in [9.17, 15) is 18.0 Å². The van der Waals surface area contributed by atoms with Crippen molar-refractivity contribution in [2.24, 2.45) is 0 Å². The summed E-state index contributed by atoms with van der Waals surface area (Å²) in [6, 6.07) is 19.1. The van der Waals surface area contributed by atoms with Crippen molar-refractivity contribution in [3.8, 4) is 17.1 Å². The van der Waals surface area contributed by atoms with Crippen molar-refractivity contribution in [2.75, 3.05) is 32.8 Å². The number of carbonyl (C=O) groups is 1. The minimum atomic E-state index is -4.52. The Hall–Kier alpha value is -4.02. The van der Waals surface area contributed by atoms with Gasteiger partial charge < -0.3 is 15.0 Å². The van der Waals surface area contributed by atoms with Crippen LogP contribution in [0.1, 0.15) is 78.9 Å². The molecular weight excluding hydrogens is 615 g/mol. The number of likely N-dealkylation sites (tertiary alicyclic amines) is 2. The first kappa shape index (κ1) is 32.5. The molecule has 0 unspecified atom stereocenters. The molecule has 0 bridgehead atoms. The third kappa shape index (κ3) is 6.78. The van der Waals surface area contributed by atoms with E-state index in [1.54, 1.807) is 18.2 Å². The molecule has 2 aliphatic heterocycles. The lowest BCUT2D eigenvalue weighted by Gasteiger charge is -2.40. The van der Waals surface area contributed by atoms with Gasteiger partial charge in [0.05, 0.1) is 34.5 Å². The van der Waals surface area contributed by atoms with Crippen molar-refractivity contribution in [3.63, 3.8) is 0 Å². The molecule has 7 nitrogen and oxygen atoms in total. The second-order valence-corrected chi connectivity index (χ2v) is 13.3. The van der Waals surface area contributed by atoms with Gasteiger partial charge in [-0.05, 0) is 95.4 Å². The molecule has 3 fully saturated rings. The number of nitrogens with one attached hydrogen (secondary N) is 1. The molecule has 1 N–H and O–H groups in total. The molecule has 3 aliphatic rings. The van der Waals surface area contributed by atoms with Gasteiger partial charge in [0.15, 0.2) is 0 Å². The summed E-state index contributed by atoms with van der Waals surface area (Å²) < 4.78 is 47.6. The first-order valence-electron chi connectivity index (χ1n) is 17.2. The van der Waals surface area contributed by atoms with Gasteiger partial charge in [0.2, 0.25) is 5.88 Å². The number of carbonyl (C=O) groups excluding carboxylic acids is 1. The summed E-state index contributed by atoms with van der Waals surface area (Å²) in [5.41, 5.74) is 2.18. The lowest BCUT2D eigenvalue weighted by molar-refractivity contribution is -0.137. The van der Waals surface area contributed by atoms with Gasteiger partial charge in [-0.1, -0.05) is 48.9 Å². The second-order valence-electron chi connectivity index (χ2n) is 13.3. The quantitative estimate of drug-likeness (QED) is 0.200. The molecule has 1 aliphatic carbocycles. The standard InChI is InChI=1S/C38H42F3N5O2/c1-2-48-32-15-14-31-35(43-32)33(36(47)44-37(18-19-37)27-11-5-3-6-12-27)30(34(42-31)26-10-9-13-28(24-26)38(39,40)41)25-45-22-16-29(17-23-45)46-20-7-4-8-21-46/h3,5-6,9-15,24,29H,2,4,7-8,16-23,25H2,1H3,(H,44,47). The lowest BCUT2D eigenvalue weighted by Crippen LogP contribution is -2.46. The molecule has 0 atom stereocenters. The maximum atomic E-state index is 14.7. The molecule has 48 heavy (non-hydrogen) atoms. The van der Waals surface area contributed by atoms with Gasteiger partial charge in [-0.15, -0.1) is 0 Å². The minimum Gasteiger partial charge on any atom is -0.478 e. The van der Waals surface area contributed by atoms with E-state index < -0.39 is 17.3 Å². The molecule has 1 amide bonds. The van der Waals surface area contributed by atoms with Gasteiger partial charge in [-0.3, -0.25) is 9.69 Å². The average Bonchev–Trinajstić information content (AvgIpc) is 3.89. The minimum absolute atomic E-state index is 0.309. The van der Waals surface area contributed by atoms with Crippen molar-refractivity contribution in [1.82, 2.24) is 25.1 Å². The molecular formula is C38H42F3N5O2. The number of nitrogens with zero attached hydrogens (tertiary/aromatic N) is 4. The smallest absolute Gasteiger partial charge is 0.416 e. The Labute approximate surface area is 279 Å². The fourth-order valence-electron chi connectivity index (χ4n) is 7.46. The van der Waals surface area contributed by atoms with E-state index in [1.807, 2.05) is 37.3 Å². The molecule has 2 aromatic heterocycles. The lowest BCUT2D eigenvalue weighted by atomic mass is 9.94. The van der Waals surface area contributed by atoms with Crippen molar-refractivity contribution < 1.29 is 22.7 Å². The van der Waals surface area contributed by atoms with E-state index in [1.165, 1.54) is 25.3 Å². The number of aromatic nitrogens is 2. The molecule has 7 rings (SSSR count). The van der Waals surface area contributed by atoms with E-state index >= 15 is 0 Å². The molecule has 4 aromatic rings. The van der Waals surface area contributed by atoms with Crippen LogP contribution < -0.4 is 10.1 Å². The second kappa shape index (κ2) is 13.5. The average molecular weight is 658 g/mol. The third-order valence-electron chi connectivity index (χ3n) is 10.2. The number of hydrogen-bond donors (Lipinski definition) is 1. The Morgan fingerprint density at radius 1 is 0.938 bits per heavy atom. The largest absolute Gasteiger partial charge is 0.478 e. The number of benzene rings is 2. The van der Waals surface area contributed by atoms with Gasteiger partial charge in [0, 0.05) is 29.8 Å². The number of fused-ring (bicyclic) bond motifs is 1. The Kier molecular flexibility index (Phi) is 9.13. The van der Waals surface area contributed by atoms with Crippen molar-refractivity contribution in [1.29, 1.82) is 0 Å². The Morgan fingerprint density at radius 3 is 2.38 bits per heavy atom. The first-order valence-corrected chi connectivity index (χ1v) is 17.2. The fraction of sp³-hybridized carbons (Fsp3) is 0.447. The summed E-state index contributed by atoms with van der Waals surface area (Å²) in [6.45, 7) is 6.55. The highest BCUT2D eigenvalue weighted by Gasteiger charge is 2.46. The number of hydrogen-bond acceptors (Lipinski definition) is 6. The summed E-state index contributed by atoms with van der Waals surface area (Å²) in [5, 5.41) is 3.33. The summed E-state index contributed by atoms with van der Waals surface area (Å²) in [7, 11) is 0. The number of alkyl halides is 3. The number of pyridine rings is 2. The highest BCUT2D eigenvalue weighted by molar-refractivity contribution is 6.08. The Balaban J connectivity index is 1.33. The summed E-state index contributed by atoms with van der Waals surface area (Å²) in [4.78, 5) is 29.3. The van der Waals surface area contributed by atoms with Gasteiger partial charge in [0.1, 0.15) is 5.52 Å². The number of halogens is 3. The summed E-state index contributed by atoms with van der Waals surface area (Å²) in [5.74, 6) is 0.0569. The summed E-state index contributed by atoms with van der Waals surface area (Å²) in [6.07, 6.45) is 2.85. The molecule has 0 spiro atoms. The number of rotatable bonds is 9. The zero-order valence-electron chi connectivity index (χ0n) is 27.4. The number of piperidine rings is 2. The molecule has 0 radical (unpaired) electrons. The fourth-order valence-corrected chi connectivity index (χ4v) is 7.46. The van der Waals surface area contributed by atoms with Crippen LogP contribution in [0.3, 0.4) is 0 Å². The van der Waals surface area contributed by atoms with E-state index in [0.29, 0.717) is 58.5 Å². The first-order chi connectivity index (χ1) is 23.2. The highest BCUT2D eigenvalue weighted by atomic mass is 19.4. The van der Waals surface area contributed by atoms with Crippen LogP contribution >= 0.6 is 0 Å². The maximum Gasteiger partial charge on any atom is 0.416 e. The zero-order chi connectivity index (χ0) is 33.3. The molecule has 2 saturated heterocycles. The van der Waals surface area contributed by atoms with Crippen LogP contribution in [0.2, 0.25) is 0 Å². The van der Waals surface area contributed by atoms with Crippen LogP contribution in [-0.2, 0) is 18.3 Å². The van der Waals surface area contributed by atoms with E-state index in [2.05, 4.69) is 15.1 Å². The van der Waals surface area contributed by atoms with Gasteiger partial charge in [-0.25, -0.2) is 9.97 Å². The van der Waals surface area contributed by atoms with Crippen LogP contribution in [0.4, 0.5) is 13.2 Å². The van der Waals surface area contributed by atoms with Crippen LogP contribution in [0.5, 0.6) is 5.88 Å². The van der Waals surface area contributed by atoms with E-state index in [-0.39, 0.29) is 5.91 Å². The van der Waals surface area contributed by atoms with E-state index in [4.69, 9.17) is 14.7 Å². The number of ether oxygens (including phenoxy) is 1. The van der Waals surface area contributed by atoms with Crippen molar-refractivity contribution in [2.45, 2.75) is 76.2 Å². The van der Waals surface area contributed by atoms with Crippen LogP contribution in [0.15, 0.2) is 66.7 Å².